The van der Waals surface area contributed by atoms with E-state index in [9.17, 15) is 4.79 Å². The summed E-state index contributed by atoms with van der Waals surface area (Å²) in [5.41, 5.74) is 2.54. The van der Waals surface area contributed by atoms with Crippen molar-refractivity contribution in [3.05, 3.63) is 58.6 Å². The average Bonchev–Trinajstić information content (AvgIpc) is 2.87. The van der Waals surface area contributed by atoms with Gasteiger partial charge in [-0.3, -0.25) is 5.32 Å². The van der Waals surface area contributed by atoms with Crippen LogP contribution in [0.1, 0.15) is 5.56 Å². The summed E-state index contributed by atoms with van der Waals surface area (Å²) in [6.45, 7) is 0.221. The molecule has 0 radical (unpaired) electrons. The second-order valence-electron chi connectivity index (χ2n) is 4.43. The van der Waals surface area contributed by atoms with Crippen molar-refractivity contribution in [3.8, 4) is 0 Å². The van der Waals surface area contributed by atoms with Crippen LogP contribution in [0.4, 0.5) is 10.7 Å². The van der Waals surface area contributed by atoms with Gasteiger partial charge in [0.05, 0.1) is 11.0 Å². The number of ether oxygens (including phenoxy) is 1. The monoisotopic (exact) mass is 345 g/mol. The lowest BCUT2D eigenvalue weighted by Gasteiger charge is -2.04. The van der Waals surface area contributed by atoms with Crippen LogP contribution in [-0.4, -0.2) is 16.1 Å². The number of H-pyrrole nitrogens is 1. The molecule has 0 aliphatic heterocycles. The number of carbonyl (C=O) groups is 1. The van der Waals surface area contributed by atoms with Gasteiger partial charge in [-0.2, -0.15) is 0 Å². The predicted octanol–water partition coefficient (Wildman–Crippen LogP) is 4.07. The maximum atomic E-state index is 11.7. The van der Waals surface area contributed by atoms with Crippen molar-refractivity contribution < 1.29 is 9.53 Å². The Kier molecular flexibility index (Phi) is 3.87. The van der Waals surface area contributed by atoms with Crippen molar-refractivity contribution in [1.82, 2.24) is 9.97 Å². The Morgan fingerprint density at radius 3 is 2.86 bits per heavy atom. The van der Waals surface area contributed by atoms with E-state index >= 15 is 0 Å². The SMILES string of the molecule is O=C(Nc1nc2ccc(Br)cc2[nH]1)OCc1ccccc1. The van der Waals surface area contributed by atoms with Crippen molar-refractivity contribution in [2.75, 3.05) is 5.32 Å². The Balaban J connectivity index is 1.63. The summed E-state index contributed by atoms with van der Waals surface area (Å²) in [7, 11) is 0. The molecule has 3 rings (SSSR count). The average molecular weight is 346 g/mol. The molecule has 0 fully saturated rings. The number of benzene rings is 2. The minimum Gasteiger partial charge on any atom is -0.444 e. The van der Waals surface area contributed by atoms with Gasteiger partial charge in [0.1, 0.15) is 6.61 Å². The van der Waals surface area contributed by atoms with Gasteiger partial charge in [-0.1, -0.05) is 46.3 Å². The van der Waals surface area contributed by atoms with Gasteiger partial charge in [0.2, 0.25) is 5.95 Å². The molecule has 21 heavy (non-hydrogen) atoms. The van der Waals surface area contributed by atoms with Gasteiger partial charge < -0.3 is 9.72 Å². The molecule has 2 aromatic carbocycles. The lowest BCUT2D eigenvalue weighted by atomic mass is 10.2. The van der Waals surface area contributed by atoms with Crippen LogP contribution in [0.15, 0.2) is 53.0 Å². The molecular formula is C15H12BrN3O2. The largest absolute Gasteiger partial charge is 0.444 e. The van der Waals surface area contributed by atoms with Gasteiger partial charge in [-0.05, 0) is 23.8 Å². The zero-order valence-electron chi connectivity index (χ0n) is 11.0. The van der Waals surface area contributed by atoms with Crippen LogP contribution in [0.2, 0.25) is 0 Å². The first-order chi connectivity index (χ1) is 10.2. The van der Waals surface area contributed by atoms with E-state index in [1.165, 1.54) is 0 Å². The maximum absolute atomic E-state index is 11.7. The zero-order chi connectivity index (χ0) is 14.7. The number of aromatic amines is 1. The smallest absolute Gasteiger partial charge is 0.414 e. The fraction of sp³-hybridized carbons (Fsp3) is 0.0667. The van der Waals surface area contributed by atoms with Crippen molar-refractivity contribution >= 4 is 39.0 Å². The molecule has 5 nitrogen and oxygen atoms in total. The molecule has 1 amide bonds. The normalized spacial score (nSPS) is 10.5. The van der Waals surface area contributed by atoms with Crippen LogP contribution in [-0.2, 0) is 11.3 Å². The highest BCUT2D eigenvalue weighted by Gasteiger charge is 2.08. The second kappa shape index (κ2) is 5.97. The van der Waals surface area contributed by atoms with E-state index < -0.39 is 6.09 Å². The van der Waals surface area contributed by atoms with Crippen molar-refractivity contribution in [3.63, 3.8) is 0 Å². The van der Waals surface area contributed by atoms with Crippen LogP contribution in [0.25, 0.3) is 11.0 Å². The van der Waals surface area contributed by atoms with Crippen LogP contribution in [0.3, 0.4) is 0 Å². The Morgan fingerprint density at radius 2 is 2.05 bits per heavy atom. The van der Waals surface area contributed by atoms with E-state index in [2.05, 4.69) is 31.2 Å². The van der Waals surface area contributed by atoms with E-state index in [4.69, 9.17) is 4.74 Å². The summed E-state index contributed by atoms with van der Waals surface area (Å²) in [6, 6.07) is 15.1. The Labute approximate surface area is 129 Å². The van der Waals surface area contributed by atoms with Crippen LogP contribution < -0.4 is 5.32 Å². The summed E-state index contributed by atoms with van der Waals surface area (Å²) < 4.78 is 6.07. The molecule has 0 spiro atoms. The molecule has 0 aliphatic rings. The van der Waals surface area contributed by atoms with E-state index in [-0.39, 0.29) is 6.61 Å². The summed E-state index contributed by atoms with van der Waals surface area (Å²) in [5, 5.41) is 2.58. The fourth-order valence-electron chi connectivity index (χ4n) is 1.90. The molecule has 1 aromatic heterocycles. The van der Waals surface area contributed by atoms with Gasteiger partial charge in [-0.15, -0.1) is 0 Å². The van der Waals surface area contributed by atoms with Crippen LogP contribution in [0.5, 0.6) is 0 Å². The highest BCUT2D eigenvalue weighted by Crippen LogP contribution is 2.19. The third-order valence-corrected chi connectivity index (χ3v) is 3.37. The number of aromatic nitrogens is 2. The van der Waals surface area contributed by atoms with E-state index in [1.54, 1.807) is 0 Å². The molecule has 0 atom stereocenters. The number of halogens is 1. The quantitative estimate of drug-likeness (QED) is 0.751. The minimum absolute atomic E-state index is 0.221. The molecule has 0 saturated heterocycles. The molecule has 2 N–H and O–H groups in total. The van der Waals surface area contributed by atoms with Gasteiger partial charge in [-0.25, -0.2) is 9.78 Å². The third kappa shape index (κ3) is 3.41. The van der Waals surface area contributed by atoms with E-state index in [0.29, 0.717) is 5.95 Å². The molecule has 0 saturated carbocycles. The topological polar surface area (TPSA) is 67.0 Å². The van der Waals surface area contributed by atoms with Crippen molar-refractivity contribution in [2.24, 2.45) is 0 Å². The summed E-state index contributed by atoms with van der Waals surface area (Å²) in [4.78, 5) is 19.0. The molecule has 3 aromatic rings. The lowest BCUT2D eigenvalue weighted by Crippen LogP contribution is -2.14. The van der Waals surface area contributed by atoms with Gasteiger partial charge in [0.15, 0.2) is 0 Å². The number of amides is 1. The second-order valence-corrected chi connectivity index (χ2v) is 5.35. The van der Waals surface area contributed by atoms with E-state index in [0.717, 1.165) is 21.1 Å². The predicted molar refractivity (Wildman–Crippen MR) is 84.0 cm³/mol. The molecular weight excluding hydrogens is 334 g/mol. The highest BCUT2D eigenvalue weighted by atomic mass is 79.9. The lowest BCUT2D eigenvalue weighted by molar-refractivity contribution is 0.155. The fourth-order valence-corrected chi connectivity index (χ4v) is 2.26. The van der Waals surface area contributed by atoms with Crippen LogP contribution >= 0.6 is 15.9 Å². The number of rotatable bonds is 3. The standard InChI is InChI=1S/C15H12BrN3O2/c16-11-6-7-12-13(8-11)18-14(17-12)19-15(20)21-9-10-4-2-1-3-5-10/h1-8H,9H2,(H2,17,18,19,20). The Morgan fingerprint density at radius 1 is 1.24 bits per heavy atom. The first-order valence-corrected chi connectivity index (χ1v) is 7.13. The van der Waals surface area contributed by atoms with E-state index in [1.807, 2.05) is 48.5 Å². The van der Waals surface area contributed by atoms with Gasteiger partial charge in [0.25, 0.3) is 0 Å². The number of nitrogens with one attached hydrogen (secondary N) is 2. The van der Waals surface area contributed by atoms with Crippen molar-refractivity contribution in [1.29, 1.82) is 0 Å². The number of hydrogen-bond acceptors (Lipinski definition) is 3. The molecule has 106 valence electrons. The van der Waals surface area contributed by atoms with Crippen molar-refractivity contribution in [2.45, 2.75) is 6.61 Å². The highest BCUT2D eigenvalue weighted by molar-refractivity contribution is 9.10. The summed E-state index contributed by atoms with van der Waals surface area (Å²) in [5.74, 6) is 0.362. The minimum atomic E-state index is -0.544. The molecule has 0 aliphatic carbocycles. The number of carbonyl (C=O) groups excluding carboxylic acids is 1. The molecule has 0 unspecified atom stereocenters. The number of anilines is 1. The number of nitrogens with zero attached hydrogens (tertiary/aromatic N) is 1. The third-order valence-electron chi connectivity index (χ3n) is 2.88. The number of imidazole rings is 1. The first-order valence-electron chi connectivity index (χ1n) is 6.34. The molecule has 0 bridgehead atoms. The zero-order valence-corrected chi connectivity index (χ0v) is 12.6. The van der Waals surface area contributed by atoms with Crippen LogP contribution in [0, 0.1) is 0 Å². The number of fused-ring (bicyclic) bond motifs is 1. The van der Waals surface area contributed by atoms with Gasteiger partial charge >= 0.3 is 6.09 Å². The summed E-state index contributed by atoms with van der Waals surface area (Å²) >= 11 is 3.38. The Hall–Kier alpha value is -2.34. The number of hydrogen-bond donors (Lipinski definition) is 2. The molecule has 1 heterocycles. The van der Waals surface area contributed by atoms with Gasteiger partial charge in [0, 0.05) is 4.47 Å². The maximum Gasteiger partial charge on any atom is 0.414 e. The Bertz CT molecular complexity index is 771. The first kappa shape index (κ1) is 13.6. The molecule has 6 heteroatoms. The summed E-state index contributed by atoms with van der Waals surface area (Å²) in [6.07, 6.45) is -0.544.